The van der Waals surface area contributed by atoms with E-state index in [1.165, 1.54) is 5.56 Å². The molecular weight excluding hydrogens is 390 g/mol. The van der Waals surface area contributed by atoms with Crippen LogP contribution in [-0.4, -0.2) is 28.0 Å². The monoisotopic (exact) mass is 417 g/mol. The molecule has 31 heavy (non-hydrogen) atoms. The SMILES string of the molecule is Cc1cc(Cc2ccc(C(=O)N[C@@H]3CCC[C@@H]3C(=O)NO)cc2)c2cccc(C)c2n1. The highest BCUT2D eigenvalue weighted by Gasteiger charge is 2.34. The lowest BCUT2D eigenvalue weighted by atomic mass is 9.98. The summed E-state index contributed by atoms with van der Waals surface area (Å²) in [6, 6.07) is 15.7. The summed E-state index contributed by atoms with van der Waals surface area (Å²) in [6.45, 7) is 4.08. The lowest BCUT2D eigenvalue weighted by molar-refractivity contribution is -0.133. The van der Waals surface area contributed by atoms with Gasteiger partial charge in [0.1, 0.15) is 0 Å². The molecule has 1 aliphatic carbocycles. The molecule has 6 nitrogen and oxygen atoms in total. The van der Waals surface area contributed by atoms with Gasteiger partial charge in [-0.1, -0.05) is 36.8 Å². The van der Waals surface area contributed by atoms with E-state index in [1.807, 2.05) is 31.2 Å². The smallest absolute Gasteiger partial charge is 0.251 e. The van der Waals surface area contributed by atoms with Gasteiger partial charge in [0.05, 0.1) is 11.4 Å². The lowest BCUT2D eigenvalue weighted by Gasteiger charge is -2.19. The van der Waals surface area contributed by atoms with Crippen LogP contribution >= 0.6 is 0 Å². The number of carbonyl (C=O) groups is 2. The summed E-state index contributed by atoms with van der Waals surface area (Å²) in [4.78, 5) is 29.1. The van der Waals surface area contributed by atoms with Crippen molar-refractivity contribution in [3.05, 3.63) is 76.5 Å². The Morgan fingerprint density at radius 2 is 1.87 bits per heavy atom. The van der Waals surface area contributed by atoms with Gasteiger partial charge in [-0.25, -0.2) is 5.48 Å². The Morgan fingerprint density at radius 1 is 1.10 bits per heavy atom. The zero-order chi connectivity index (χ0) is 22.0. The van der Waals surface area contributed by atoms with Crippen LogP contribution in [0.15, 0.2) is 48.5 Å². The van der Waals surface area contributed by atoms with Crippen LogP contribution < -0.4 is 10.8 Å². The van der Waals surface area contributed by atoms with Crippen molar-refractivity contribution < 1.29 is 14.8 Å². The summed E-state index contributed by atoms with van der Waals surface area (Å²) >= 11 is 0. The first kappa shape index (κ1) is 21.0. The Labute approximate surface area is 181 Å². The quantitative estimate of drug-likeness (QED) is 0.434. The predicted octanol–water partition coefficient (Wildman–Crippen LogP) is 3.85. The second kappa shape index (κ2) is 8.86. The van der Waals surface area contributed by atoms with Crippen molar-refractivity contribution in [1.29, 1.82) is 0 Å². The van der Waals surface area contributed by atoms with Gasteiger partial charge in [0, 0.05) is 22.7 Å². The van der Waals surface area contributed by atoms with E-state index in [1.54, 1.807) is 5.48 Å². The van der Waals surface area contributed by atoms with Gasteiger partial charge in [-0.05, 0) is 68.0 Å². The second-order valence-electron chi connectivity index (χ2n) is 8.36. The standard InChI is InChI=1S/C25H27N3O3/c1-15-5-3-6-20-19(13-16(2)26-23(15)20)14-17-9-11-18(12-10-17)24(29)27-22-8-4-7-21(22)25(30)28-31/h3,5-6,9-13,21-22,31H,4,7-8,14H2,1-2H3,(H,27,29)(H,28,30)/t21-,22+/m0/s1. The summed E-state index contributed by atoms with van der Waals surface area (Å²) in [7, 11) is 0. The van der Waals surface area contributed by atoms with E-state index < -0.39 is 5.91 Å². The second-order valence-corrected chi connectivity index (χ2v) is 8.36. The van der Waals surface area contributed by atoms with Crippen molar-refractivity contribution >= 4 is 22.7 Å². The molecule has 2 aromatic carbocycles. The number of nitrogens with zero attached hydrogens (tertiary/aromatic N) is 1. The molecule has 4 rings (SSSR count). The highest BCUT2D eigenvalue weighted by molar-refractivity contribution is 5.95. The third-order valence-corrected chi connectivity index (χ3v) is 6.15. The van der Waals surface area contributed by atoms with Crippen LogP contribution in [0.3, 0.4) is 0 Å². The van der Waals surface area contributed by atoms with E-state index in [4.69, 9.17) is 10.2 Å². The Hall–Kier alpha value is -3.25. The highest BCUT2D eigenvalue weighted by Crippen LogP contribution is 2.27. The summed E-state index contributed by atoms with van der Waals surface area (Å²) in [5, 5.41) is 13.0. The fourth-order valence-electron chi connectivity index (χ4n) is 4.53. The van der Waals surface area contributed by atoms with E-state index in [-0.39, 0.29) is 17.9 Å². The first-order chi connectivity index (χ1) is 15.0. The molecule has 1 saturated carbocycles. The minimum absolute atomic E-state index is 0.199. The Balaban J connectivity index is 1.49. The van der Waals surface area contributed by atoms with Crippen molar-refractivity contribution in [3.8, 4) is 0 Å². The van der Waals surface area contributed by atoms with Crippen molar-refractivity contribution in [2.75, 3.05) is 0 Å². The fraction of sp³-hybridized carbons (Fsp3) is 0.320. The molecule has 1 fully saturated rings. The van der Waals surface area contributed by atoms with Crippen LogP contribution in [0.4, 0.5) is 0 Å². The predicted molar refractivity (Wildman–Crippen MR) is 119 cm³/mol. The van der Waals surface area contributed by atoms with E-state index in [2.05, 4.69) is 36.5 Å². The van der Waals surface area contributed by atoms with Crippen LogP contribution in [0, 0.1) is 19.8 Å². The molecule has 3 aromatic rings. The Morgan fingerprint density at radius 3 is 2.61 bits per heavy atom. The van der Waals surface area contributed by atoms with Gasteiger partial charge < -0.3 is 5.32 Å². The molecule has 6 heteroatoms. The van der Waals surface area contributed by atoms with E-state index in [9.17, 15) is 9.59 Å². The zero-order valence-electron chi connectivity index (χ0n) is 17.8. The van der Waals surface area contributed by atoms with E-state index in [0.29, 0.717) is 12.0 Å². The van der Waals surface area contributed by atoms with Crippen LogP contribution in [0.1, 0.15) is 52.0 Å². The minimum atomic E-state index is -0.437. The number of pyridine rings is 1. The Bertz CT molecular complexity index is 1120. The van der Waals surface area contributed by atoms with Gasteiger partial charge in [0.25, 0.3) is 5.91 Å². The molecule has 2 atom stereocenters. The van der Waals surface area contributed by atoms with Crippen LogP contribution in [0.25, 0.3) is 10.9 Å². The molecule has 3 N–H and O–H groups in total. The maximum absolute atomic E-state index is 12.7. The summed E-state index contributed by atoms with van der Waals surface area (Å²) in [5.74, 6) is -1.02. The van der Waals surface area contributed by atoms with E-state index in [0.717, 1.165) is 47.0 Å². The van der Waals surface area contributed by atoms with Gasteiger partial charge in [-0.3, -0.25) is 19.8 Å². The number of aromatic nitrogens is 1. The number of hydrogen-bond acceptors (Lipinski definition) is 4. The number of hydroxylamine groups is 1. The third-order valence-electron chi connectivity index (χ3n) is 6.15. The number of rotatable bonds is 5. The molecule has 1 heterocycles. The third kappa shape index (κ3) is 4.44. The molecule has 0 spiro atoms. The van der Waals surface area contributed by atoms with Gasteiger partial charge in [0.2, 0.25) is 5.91 Å². The number of carbonyl (C=O) groups excluding carboxylic acids is 2. The van der Waals surface area contributed by atoms with Crippen molar-refractivity contribution in [1.82, 2.24) is 15.8 Å². The number of nitrogens with one attached hydrogen (secondary N) is 2. The minimum Gasteiger partial charge on any atom is -0.349 e. The van der Waals surface area contributed by atoms with Crippen LogP contribution in [0.2, 0.25) is 0 Å². The van der Waals surface area contributed by atoms with Crippen molar-refractivity contribution in [2.24, 2.45) is 5.92 Å². The topological polar surface area (TPSA) is 91.3 Å². The summed E-state index contributed by atoms with van der Waals surface area (Å²) < 4.78 is 0. The average molecular weight is 418 g/mol. The number of fused-ring (bicyclic) bond motifs is 1. The fourth-order valence-corrected chi connectivity index (χ4v) is 4.53. The molecule has 1 aliphatic rings. The molecule has 0 radical (unpaired) electrons. The van der Waals surface area contributed by atoms with Crippen LogP contribution in [0.5, 0.6) is 0 Å². The van der Waals surface area contributed by atoms with Gasteiger partial charge in [-0.2, -0.15) is 0 Å². The first-order valence-corrected chi connectivity index (χ1v) is 10.7. The van der Waals surface area contributed by atoms with E-state index >= 15 is 0 Å². The maximum atomic E-state index is 12.7. The molecular formula is C25H27N3O3. The molecule has 0 bridgehead atoms. The molecule has 160 valence electrons. The molecule has 0 aliphatic heterocycles. The van der Waals surface area contributed by atoms with Gasteiger partial charge in [0.15, 0.2) is 0 Å². The summed E-state index contributed by atoms with van der Waals surface area (Å²) in [6.07, 6.45) is 3.00. The highest BCUT2D eigenvalue weighted by atomic mass is 16.5. The molecule has 0 unspecified atom stereocenters. The van der Waals surface area contributed by atoms with Crippen molar-refractivity contribution in [3.63, 3.8) is 0 Å². The van der Waals surface area contributed by atoms with Crippen LogP contribution in [-0.2, 0) is 11.2 Å². The number of para-hydroxylation sites is 1. The normalized spacial score (nSPS) is 18.2. The average Bonchev–Trinajstić information content (AvgIpc) is 3.22. The first-order valence-electron chi connectivity index (χ1n) is 10.7. The van der Waals surface area contributed by atoms with Crippen molar-refractivity contribution in [2.45, 2.75) is 45.6 Å². The molecule has 0 saturated heterocycles. The Kier molecular flexibility index (Phi) is 6.00. The molecule has 2 amide bonds. The van der Waals surface area contributed by atoms with Gasteiger partial charge >= 0.3 is 0 Å². The number of aryl methyl sites for hydroxylation is 2. The summed E-state index contributed by atoms with van der Waals surface area (Å²) in [5.41, 5.74) is 7.78. The maximum Gasteiger partial charge on any atom is 0.251 e. The molecule has 1 aromatic heterocycles. The number of amides is 2. The largest absolute Gasteiger partial charge is 0.349 e. The number of hydrogen-bond donors (Lipinski definition) is 3. The zero-order valence-corrected chi connectivity index (χ0v) is 17.8. The lowest BCUT2D eigenvalue weighted by Crippen LogP contribution is -2.43. The number of benzene rings is 2. The van der Waals surface area contributed by atoms with Gasteiger partial charge in [-0.15, -0.1) is 0 Å².